The van der Waals surface area contributed by atoms with Crippen molar-refractivity contribution in [2.24, 2.45) is 0 Å². The third-order valence-corrected chi connectivity index (χ3v) is 4.76. The summed E-state index contributed by atoms with van der Waals surface area (Å²) in [6, 6.07) is 17.4. The summed E-state index contributed by atoms with van der Waals surface area (Å²) in [6.45, 7) is 6.49. The molecule has 138 valence electrons. The maximum Gasteiger partial charge on any atom is 0.340 e. The lowest BCUT2D eigenvalue weighted by Gasteiger charge is -2.16. The van der Waals surface area contributed by atoms with E-state index in [-0.39, 0.29) is 11.9 Å². The number of esters is 1. The number of anilines is 2. The number of hydrogen-bond donors (Lipinski definition) is 1. The quantitative estimate of drug-likeness (QED) is 0.598. The van der Waals surface area contributed by atoms with Gasteiger partial charge in [0.1, 0.15) is 0 Å². The van der Waals surface area contributed by atoms with Crippen LogP contribution in [0.3, 0.4) is 0 Å². The highest BCUT2D eigenvalue weighted by molar-refractivity contribution is 5.96. The van der Waals surface area contributed by atoms with Gasteiger partial charge in [0.2, 0.25) is 0 Å². The van der Waals surface area contributed by atoms with Gasteiger partial charge < -0.3 is 10.1 Å². The Hall–Kier alpha value is -3.14. The van der Waals surface area contributed by atoms with Gasteiger partial charge in [-0.15, -0.1) is 0 Å². The first-order valence-corrected chi connectivity index (χ1v) is 9.05. The van der Waals surface area contributed by atoms with Crippen molar-refractivity contribution in [3.05, 3.63) is 89.2 Å². The van der Waals surface area contributed by atoms with Crippen molar-refractivity contribution >= 4 is 17.3 Å². The first-order chi connectivity index (χ1) is 13.1. The van der Waals surface area contributed by atoms with Gasteiger partial charge in [-0.05, 0) is 60.9 Å². The number of pyridine rings is 1. The van der Waals surface area contributed by atoms with E-state index in [1.807, 2.05) is 49.4 Å². The van der Waals surface area contributed by atoms with E-state index in [4.69, 9.17) is 4.74 Å². The van der Waals surface area contributed by atoms with Gasteiger partial charge in [-0.3, -0.25) is 4.98 Å². The number of aromatic nitrogens is 1. The van der Waals surface area contributed by atoms with Crippen LogP contribution in [0.4, 0.5) is 11.4 Å². The van der Waals surface area contributed by atoms with Crippen molar-refractivity contribution in [2.75, 3.05) is 11.9 Å². The van der Waals surface area contributed by atoms with E-state index in [1.54, 1.807) is 18.5 Å². The lowest BCUT2D eigenvalue weighted by Crippen LogP contribution is -2.13. The number of ether oxygens (including phenoxy) is 1. The van der Waals surface area contributed by atoms with E-state index in [1.165, 1.54) is 5.56 Å². The fourth-order valence-corrected chi connectivity index (χ4v) is 2.87. The number of para-hydroxylation sites is 1. The van der Waals surface area contributed by atoms with Crippen LogP contribution in [-0.4, -0.2) is 17.6 Å². The van der Waals surface area contributed by atoms with Crippen LogP contribution in [0.2, 0.25) is 0 Å². The second-order valence-corrected chi connectivity index (χ2v) is 6.70. The topological polar surface area (TPSA) is 51.2 Å². The Kier molecular flexibility index (Phi) is 5.87. The van der Waals surface area contributed by atoms with Gasteiger partial charge in [-0.2, -0.15) is 0 Å². The zero-order valence-electron chi connectivity index (χ0n) is 15.9. The Morgan fingerprint density at radius 1 is 1.00 bits per heavy atom. The summed E-state index contributed by atoms with van der Waals surface area (Å²) >= 11 is 0. The Morgan fingerprint density at radius 3 is 2.48 bits per heavy atom. The zero-order valence-corrected chi connectivity index (χ0v) is 15.9. The minimum Gasteiger partial charge on any atom is -0.461 e. The van der Waals surface area contributed by atoms with Crippen molar-refractivity contribution in [1.29, 1.82) is 0 Å². The Labute approximate surface area is 160 Å². The number of rotatable bonds is 6. The summed E-state index contributed by atoms with van der Waals surface area (Å²) in [6.07, 6.45) is 3.49. The second-order valence-electron chi connectivity index (χ2n) is 6.70. The van der Waals surface area contributed by atoms with Gasteiger partial charge in [0, 0.05) is 24.0 Å². The van der Waals surface area contributed by atoms with E-state index in [0.29, 0.717) is 12.2 Å². The number of nitrogens with one attached hydrogen (secondary N) is 1. The maximum absolute atomic E-state index is 12.7. The van der Waals surface area contributed by atoms with E-state index in [0.717, 1.165) is 22.5 Å². The molecule has 0 amide bonds. The molecule has 0 aliphatic rings. The van der Waals surface area contributed by atoms with Gasteiger partial charge in [-0.25, -0.2) is 4.79 Å². The van der Waals surface area contributed by atoms with Crippen LogP contribution >= 0.6 is 0 Å². The Bertz CT molecular complexity index is 923. The molecular weight excluding hydrogens is 336 g/mol. The highest BCUT2D eigenvalue weighted by Crippen LogP contribution is 2.26. The second kappa shape index (κ2) is 8.49. The molecule has 4 nitrogen and oxygen atoms in total. The molecule has 0 aliphatic heterocycles. The van der Waals surface area contributed by atoms with E-state index in [9.17, 15) is 4.79 Å². The molecular formula is C23H24N2O2. The molecule has 0 radical (unpaired) electrons. The Morgan fingerprint density at radius 2 is 1.70 bits per heavy atom. The molecule has 1 aromatic heterocycles. The molecule has 0 aliphatic carbocycles. The molecule has 4 heteroatoms. The summed E-state index contributed by atoms with van der Waals surface area (Å²) in [5.41, 5.74) is 5.71. The molecule has 3 aromatic rings. The molecule has 0 saturated carbocycles. The van der Waals surface area contributed by atoms with Crippen molar-refractivity contribution in [1.82, 2.24) is 4.98 Å². The molecule has 0 fully saturated rings. The van der Waals surface area contributed by atoms with Crippen LogP contribution in [-0.2, 0) is 4.74 Å². The number of benzene rings is 2. The summed E-state index contributed by atoms with van der Waals surface area (Å²) < 4.78 is 5.58. The van der Waals surface area contributed by atoms with E-state index in [2.05, 4.69) is 30.2 Å². The molecule has 2 aromatic carbocycles. The normalized spacial score (nSPS) is 11.7. The summed E-state index contributed by atoms with van der Waals surface area (Å²) in [4.78, 5) is 16.7. The third kappa shape index (κ3) is 4.53. The lowest BCUT2D eigenvalue weighted by molar-refractivity contribution is 0.0486. The minimum absolute atomic E-state index is 0.107. The molecule has 27 heavy (non-hydrogen) atoms. The molecule has 1 heterocycles. The van der Waals surface area contributed by atoms with Gasteiger partial charge in [0.25, 0.3) is 0 Å². The lowest BCUT2D eigenvalue weighted by atomic mass is 10.0. The fraction of sp³-hybridized carbons (Fsp3) is 0.217. The number of hydrogen-bond acceptors (Lipinski definition) is 4. The van der Waals surface area contributed by atoms with Crippen LogP contribution in [0.1, 0.15) is 39.9 Å². The van der Waals surface area contributed by atoms with Crippen LogP contribution in [0.25, 0.3) is 0 Å². The smallest absolute Gasteiger partial charge is 0.340 e. The first kappa shape index (κ1) is 18.6. The molecule has 1 N–H and O–H groups in total. The van der Waals surface area contributed by atoms with Crippen molar-refractivity contribution in [3.8, 4) is 0 Å². The monoisotopic (exact) mass is 360 g/mol. The van der Waals surface area contributed by atoms with Crippen molar-refractivity contribution in [3.63, 3.8) is 0 Å². The zero-order chi connectivity index (χ0) is 19.2. The summed E-state index contributed by atoms with van der Waals surface area (Å²) in [5.74, 6) is -0.222. The van der Waals surface area contributed by atoms with E-state index < -0.39 is 0 Å². The Balaban J connectivity index is 1.73. The molecule has 0 bridgehead atoms. The number of nitrogens with zero attached hydrogens (tertiary/aromatic N) is 1. The van der Waals surface area contributed by atoms with Gasteiger partial charge in [-0.1, -0.05) is 31.2 Å². The van der Waals surface area contributed by atoms with Crippen LogP contribution < -0.4 is 5.32 Å². The van der Waals surface area contributed by atoms with Crippen molar-refractivity contribution < 1.29 is 9.53 Å². The number of aryl methyl sites for hydroxylation is 1. The van der Waals surface area contributed by atoms with Gasteiger partial charge >= 0.3 is 5.97 Å². The number of carbonyl (C=O) groups excluding carboxylic acids is 1. The molecule has 0 spiro atoms. The average molecular weight is 360 g/mol. The van der Waals surface area contributed by atoms with E-state index >= 15 is 0 Å². The third-order valence-electron chi connectivity index (χ3n) is 4.76. The van der Waals surface area contributed by atoms with Crippen LogP contribution in [0.5, 0.6) is 0 Å². The molecule has 1 atom stereocenters. The first-order valence-electron chi connectivity index (χ1n) is 9.05. The SMILES string of the molecule is Cc1cccc(Nc2ccccc2C(=O)OCC(C)c2ccncc2)c1C. The van der Waals surface area contributed by atoms with Gasteiger partial charge in [0.15, 0.2) is 0 Å². The predicted octanol–water partition coefficient (Wildman–Crippen LogP) is 5.40. The standard InChI is InChI=1S/C23H24N2O2/c1-16-7-6-10-21(18(16)3)25-22-9-5-4-8-20(22)23(26)27-15-17(2)19-11-13-24-14-12-19/h4-14,17,25H,15H2,1-3H3. The summed E-state index contributed by atoms with van der Waals surface area (Å²) in [7, 11) is 0. The fourth-order valence-electron chi connectivity index (χ4n) is 2.87. The van der Waals surface area contributed by atoms with Gasteiger partial charge in [0.05, 0.1) is 17.9 Å². The molecule has 3 rings (SSSR count). The predicted molar refractivity (Wildman–Crippen MR) is 109 cm³/mol. The minimum atomic E-state index is -0.329. The molecule has 1 unspecified atom stereocenters. The maximum atomic E-state index is 12.7. The van der Waals surface area contributed by atoms with Crippen molar-refractivity contribution in [2.45, 2.75) is 26.7 Å². The highest BCUT2D eigenvalue weighted by Gasteiger charge is 2.15. The average Bonchev–Trinajstić information content (AvgIpc) is 2.70. The molecule has 0 saturated heterocycles. The summed E-state index contributed by atoms with van der Waals surface area (Å²) in [5, 5.41) is 3.37. The number of carbonyl (C=O) groups is 1. The highest BCUT2D eigenvalue weighted by atomic mass is 16.5. The van der Waals surface area contributed by atoms with Crippen LogP contribution in [0, 0.1) is 13.8 Å². The largest absolute Gasteiger partial charge is 0.461 e. The van der Waals surface area contributed by atoms with Crippen LogP contribution in [0.15, 0.2) is 67.0 Å².